The van der Waals surface area contributed by atoms with Crippen LogP contribution in [-0.4, -0.2) is 58.7 Å². The van der Waals surface area contributed by atoms with Gasteiger partial charge in [-0.25, -0.2) is 9.97 Å². The molecule has 0 spiro atoms. The number of aromatic amines is 1. The first-order valence-corrected chi connectivity index (χ1v) is 10.5. The largest absolute Gasteiger partial charge is 0.497 e. The Hall–Kier alpha value is -3.42. The van der Waals surface area contributed by atoms with E-state index in [1.165, 1.54) is 0 Å². The van der Waals surface area contributed by atoms with Crippen molar-refractivity contribution >= 4 is 11.9 Å². The minimum Gasteiger partial charge on any atom is -0.497 e. The molecule has 0 aliphatic carbocycles. The Balaban J connectivity index is 1.80. The number of amides is 1. The van der Waals surface area contributed by atoms with Gasteiger partial charge in [-0.1, -0.05) is 12.1 Å². The zero-order valence-corrected chi connectivity index (χ0v) is 18.4. The normalized spacial score (nSPS) is 16.3. The lowest BCUT2D eigenvalue weighted by Gasteiger charge is -2.36. The van der Waals surface area contributed by atoms with Crippen LogP contribution in [-0.2, 0) is 0 Å². The van der Waals surface area contributed by atoms with E-state index in [0.29, 0.717) is 18.1 Å². The smallest absolute Gasteiger partial charge is 0.257 e. The van der Waals surface area contributed by atoms with E-state index < -0.39 is 0 Å². The summed E-state index contributed by atoms with van der Waals surface area (Å²) in [5, 5.41) is 6.91. The van der Waals surface area contributed by atoms with Gasteiger partial charge in [0.15, 0.2) is 0 Å². The monoisotopic (exact) mass is 420 g/mol. The molecule has 1 atom stereocenters. The maximum Gasteiger partial charge on any atom is 0.257 e. The molecule has 3 heterocycles. The third-order valence-corrected chi connectivity index (χ3v) is 5.75. The standard InChI is InChI=1S/C23H28N6O2/c1-15-18(14-25-27-15)22(30)29-12-6-5-7-20(29)21-19(13-24-23(26-21)28(2)3)16-8-10-17(31-4)11-9-16/h8-11,13-14,20H,5-7,12H2,1-4H3,(H,25,27)/t20-/m1/s1. The molecule has 0 bridgehead atoms. The van der Waals surface area contributed by atoms with E-state index >= 15 is 0 Å². The molecule has 8 nitrogen and oxygen atoms in total. The van der Waals surface area contributed by atoms with E-state index in [9.17, 15) is 4.79 Å². The number of hydrogen-bond donors (Lipinski definition) is 1. The summed E-state index contributed by atoms with van der Waals surface area (Å²) in [6.45, 7) is 2.56. The van der Waals surface area contributed by atoms with Crippen molar-refractivity contribution in [1.82, 2.24) is 25.1 Å². The number of H-pyrrole nitrogens is 1. The Morgan fingerprint density at radius 2 is 1.97 bits per heavy atom. The molecule has 1 aliphatic rings. The predicted octanol–water partition coefficient (Wildman–Crippen LogP) is 3.62. The fraction of sp³-hybridized carbons (Fsp3) is 0.391. The van der Waals surface area contributed by atoms with Crippen molar-refractivity contribution in [3.05, 3.63) is 53.6 Å². The first kappa shape index (κ1) is 20.8. The van der Waals surface area contributed by atoms with Crippen LogP contribution in [0.25, 0.3) is 11.1 Å². The van der Waals surface area contributed by atoms with Gasteiger partial charge in [0.25, 0.3) is 5.91 Å². The summed E-state index contributed by atoms with van der Waals surface area (Å²) in [5.74, 6) is 1.41. The molecule has 2 aromatic heterocycles. The number of aromatic nitrogens is 4. The average Bonchev–Trinajstić information content (AvgIpc) is 3.24. The number of methoxy groups -OCH3 is 1. The highest BCUT2D eigenvalue weighted by Crippen LogP contribution is 2.37. The highest BCUT2D eigenvalue weighted by Gasteiger charge is 2.33. The number of ether oxygens (including phenoxy) is 1. The van der Waals surface area contributed by atoms with E-state index in [0.717, 1.165) is 47.5 Å². The van der Waals surface area contributed by atoms with Gasteiger partial charge < -0.3 is 14.5 Å². The maximum absolute atomic E-state index is 13.4. The lowest BCUT2D eigenvalue weighted by atomic mass is 9.93. The molecule has 8 heteroatoms. The van der Waals surface area contributed by atoms with Crippen LogP contribution in [0.4, 0.5) is 5.95 Å². The Morgan fingerprint density at radius 1 is 1.19 bits per heavy atom. The molecule has 162 valence electrons. The summed E-state index contributed by atoms with van der Waals surface area (Å²) < 4.78 is 5.30. The predicted molar refractivity (Wildman–Crippen MR) is 119 cm³/mol. The molecule has 31 heavy (non-hydrogen) atoms. The number of benzene rings is 1. The Morgan fingerprint density at radius 3 is 2.61 bits per heavy atom. The quantitative estimate of drug-likeness (QED) is 0.678. The van der Waals surface area contributed by atoms with E-state index in [-0.39, 0.29) is 11.9 Å². The number of nitrogens with one attached hydrogen (secondary N) is 1. The van der Waals surface area contributed by atoms with Gasteiger partial charge in [0.2, 0.25) is 5.95 Å². The number of aryl methyl sites for hydroxylation is 1. The fourth-order valence-corrected chi connectivity index (χ4v) is 4.03. The highest BCUT2D eigenvalue weighted by molar-refractivity contribution is 5.95. The molecular weight excluding hydrogens is 392 g/mol. The van der Waals surface area contributed by atoms with Crippen LogP contribution in [0, 0.1) is 6.92 Å². The molecule has 1 aliphatic heterocycles. The van der Waals surface area contributed by atoms with Gasteiger partial charge in [-0.05, 0) is 43.9 Å². The maximum atomic E-state index is 13.4. The minimum atomic E-state index is -0.130. The van der Waals surface area contributed by atoms with Crippen LogP contribution >= 0.6 is 0 Å². The second kappa shape index (κ2) is 8.75. The molecule has 1 fully saturated rings. The molecule has 1 aromatic carbocycles. The molecular formula is C23H28N6O2. The molecule has 0 unspecified atom stereocenters. The van der Waals surface area contributed by atoms with Crippen LogP contribution in [0.1, 0.15) is 47.1 Å². The van der Waals surface area contributed by atoms with E-state index in [4.69, 9.17) is 9.72 Å². The van der Waals surface area contributed by atoms with Crippen LogP contribution < -0.4 is 9.64 Å². The average molecular weight is 421 g/mol. The SMILES string of the molecule is COc1ccc(-c2cnc(N(C)C)nc2[C@H]2CCCCN2C(=O)c2cn[nH]c2C)cc1. The molecule has 1 saturated heterocycles. The Labute approximate surface area is 182 Å². The number of piperidine rings is 1. The van der Waals surface area contributed by atoms with Crippen LogP contribution in [0.15, 0.2) is 36.7 Å². The second-order valence-electron chi connectivity index (χ2n) is 8.01. The topological polar surface area (TPSA) is 87.2 Å². The van der Waals surface area contributed by atoms with E-state index in [1.54, 1.807) is 13.3 Å². The minimum absolute atomic E-state index is 0.0124. The first-order chi connectivity index (χ1) is 15.0. The fourth-order valence-electron chi connectivity index (χ4n) is 4.03. The molecule has 1 amide bonds. The van der Waals surface area contributed by atoms with Crippen molar-refractivity contribution in [2.45, 2.75) is 32.2 Å². The number of nitrogens with zero attached hydrogens (tertiary/aromatic N) is 5. The molecule has 4 rings (SSSR count). The second-order valence-corrected chi connectivity index (χ2v) is 8.01. The molecule has 0 saturated carbocycles. The number of carbonyl (C=O) groups excluding carboxylic acids is 1. The van der Waals surface area contributed by atoms with Gasteiger partial charge in [-0.3, -0.25) is 9.89 Å². The number of rotatable bonds is 5. The zero-order valence-electron chi connectivity index (χ0n) is 18.4. The first-order valence-electron chi connectivity index (χ1n) is 10.5. The summed E-state index contributed by atoms with van der Waals surface area (Å²) in [5.41, 5.74) is 4.19. The third kappa shape index (κ3) is 4.10. The van der Waals surface area contributed by atoms with Gasteiger partial charge in [-0.15, -0.1) is 0 Å². The van der Waals surface area contributed by atoms with Crippen molar-refractivity contribution in [3.8, 4) is 16.9 Å². The number of hydrogen-bond acceptors (Lipinski definition) is 6. The van der Waals surface area contributed by atoms with Crippen molar-refractivity contribution in [1.29, 1.82) is 0 Å². The Kier molecular flexibility index (Phi) is 5.88. The van der Waals surface area contributed by atoms with Crippen LogP contribution in [0.3, 0.4) is 0 Å². The zero-order chi connectivity index (χ0) is 22.0. The Bertz CT molecular complexity index is 1060. The summed E-state index contributed by atoms with van der Waals surface area (Å²) >= 11 is 0. The van der Waals surface area contributed by atoms with Gasteiger partial charge in [0, 0.05) is 38.1 Å². The van der Waals surface area contributed by atoms with E-state index in [2.05, 4.69) is 15.2 Å². The molecule has 3 aromatic rings. The number of carbonyl (C=O) groups is 1. The van der Waals surface area contributed by atoms with Gasteiger partial charge in [0.1, 0.15) is 5.75 Å². The molecule has 1 N–H and O–H groups in total. The van der Waals surface area contributed by atoms with Gasteiger partial charge >= 0.3 is 0 Å². The van der Waals surface area contributed by atoms with Crippen LogP contribution in [0.2, 0.25) is 0 Å². The number of likely N-dealkylation sites (tertiary alicyclic amines) is 1. The molecule has 0 radical (unpaired) electrons. The summed E-state index contributed by atoms with van der Waals surface area (Å²) in [4.78, 5) is 26.7. The number of anilines is 1. The van der Waals surface area contributed by atoms with Crippen molar-refractivity contribution in [3.63, 3.8) is 0 Å². The van der Waals surface area contributed by atoms with E-state index in [1.807, 2.05) is 61.3 Å². The van der Waals surface area contributed by atoms with Crippen molar-refractivity contribution in [2.75, 3.05) is 32.6 Å². The van der Waals surface area contributed by atoms with Crippen LogP contribution in [0.5, 0.6) is 5.75 Å². The lowest BCUT2D eigenvalue weighted by molar-refractivity contribution is 0.0606. The highest BCUT2D eigenvalue weighted by atomic mass is 16.5. The van der Waals surface area contributed by atoms with Crippen molar-refractivity contribution in [2.24, 2.45) is 0 Å². The summed E-state index contributed by atoms with van der Waals surface area (Å²) in [6, 6.07) is 7.74. The summed E-state index contributed by atoms with van der Waals surface area (Å²) in [6.07, 6.45) is 6.35. The van der Waals surface area contributed by atoms with Gasteiger partial charge in [0.05, 0.1) is 30.6 Å². The van der Waals surface area contributed by atoms with Gasteiger partial charge in [-0.2, -0.15) is 5.10 Å². The van der Waals surface area contributed by atoms with Crippen molar-refractivity contribution < 1.29 is 9.53 Å². The summed E-state index contributed by atoms with van der Waals surface area (Å²) in [7, 11) is 5.49. The third-order valence-electron chi connectivity index (χ3n) is 5.75. The lowest BCUT2D eigenvalue weighted by Crippen LogP contribution is -2.39.